The number of benzene rings is 1. The summed E-state index contributed by atoms with van der Waals surface area (Å²) in [7, 11) is 0. The highest BCUT2D eigenvalue weighted by Gasteiger charge is 2.26. The number of nitrogens with two attached hydrogens (primary N) is 1. The van der Waals surface area contributed by atoms with E-state index in [-0.39, 0.29) is 6.04 Å². The van der Waals surface area contributed by atoms with Crippen LogP contribution >= 0.6 is 11.6 Å². The molecule has 0 saturated heterocycles. The van der Waals surface area contributed by atoms with Gasteiger partial charge in [-0.15, -0.1) is 0 Å². The van der Waals surface area contributed by atoms with Gasteiger partial charge in [0.25, 0.3) is 0 Å². The Kier molecular flexibility index (Phi) is 3.99. The average Bonchev–Trinajstić information content (AvgIpc) is 3.35. The molecule has 1 aromatic carbocycles. The first kappa shape index (κ1) is 16.5. The molecule has 0 saturated carbocycles. The van der Waals surface area contributed by atoms with Crippen LogP contribution in [-0.2, 0) is 12.8 Å². The molecule has 1 aliphatic carbocycles. The number of rotatable bonds is 3. The van der Waals surface area contributed by atoms with Crippen molar-refractivity contribution in [3.63, 3.8) is 0 Å². The van der Waals surface area contributed by atoms with Gasteiger partial charge in [0.05, 0.1) is 17.7 Å². The van der Waals surface area contributed by atoms with Crippen molar-refractivity contribution in [2.45, 2.75) is 31.7 Å². The summed E-state index contributed by atoms with van der Waals surface area (Å²) in [5, 5.41) is 5.52. The van der Waals surface area contributed by atoms with Gasteiger partial charge in [-0.3, -0.25) is 0 Å². The third-order valence-corrected chi connectivity index (χ3v) is 5.42. The second-order valence-electron chi connectivity index (χ2n) is 6.93. The van der Waals surface area contributed by atoms with Crippen LogP contribution in [0.1, 0.15) is 41.6 Å². The Morgan fingerprint density at radius 1 is 1.11 bits per heavy atom. The largest absolute Gasteiger partial charge is 0.467 e. The minimum Gasteiger partial charge on any atom is -0.467 e. The lowest BCUT2D eigenvalue weighted by molar-refractivity contribution is 0.479. The van der Waals surface area contributed by atoms with E-state index < -0.39 is 0 Å². The molecule has 136 valence electrons. The van der Waals surface area contributed by atoms with E-state index in [4.69, 9.17) is 31.8 Å². The van der Waals surface area contributed by atoms with E-state index >= 15 is 0 Å². The van der Waals surface area contributed by atoms with Crippen LogP contribution in [0.2, 0.25) is 5.02 Å². The fourth-order valence-electron chi connectivity index (χ4n) is 3.89. The number of halogens is 1. The summed E-state index contributed by atoms with van der Waals surface area (Å²) in [6, 6.07) is 13.1. The molecule has 5 nitrogen and oxygen atoms in total. The van der Waals surface area contributed by atoms with Crippen molar-refractivity contribution in [2.24, 2.45) is 5.73 Å². The van der Waals surface area contributed by atoms with Gasteiger partial charge in [-0.2, -0.15) is 5.10 Å². The Balaban J connectivity index is 1.75. The van der Waals surface area contributed by atoms with Crippen LogP contribution in [0, 0.1) is 0 Å². The van der Waals surface area contributed by atoms with E-state index in [0.29, 0.717) is 5.02 Å². The van der Waals surface area contributed by atoms with Crippen molar-refractivity contribution in [3.8, 4) is 11.3 Å². The Morgan fingerprint density at radius 2 is 2.00 bits per heavy atom. The van der Waals surface area contributed by atoms with Crippen molar-refractivity contribution >= 4 is 17.2 Å². The molecule has 0 fully saturated rings. The normalized spacial score (nSPS) is 15.0. The summed E-state index contributed by atoms with van der Waals surface area (Å²) in [5.74, 6) is 0.732. The molecule has 1 aliphatic rings. The predicted octanol–water partition coefficient (Wildman–Crippen LogP) is 4.57. The molecule has 5 rings (SSSR count). The summed E-state index contributed by atoms with van der Waals surface area (Å²) in [5.41, 5.74) is 12.5. The van der Waals surface area contributed by atoms with Gasteiger partial charge in [0, 0.05) is 22.3 Å². The maximum atomic E-state index is 6.62. The van der Waals surface area contributed by atoms with Crippen molar-refractivity contribution < 1.29 is 4.42 Å². The molecule has 27 heavy (non-hydrogen) atoms. The smallest absolute Gasteiger partial charge is 0.156 e. The highest BCUT2D eigenvalue weighted by atomic mass is 35.5. The monoisotopic (exact) mass is 378 g/mol. The highest BCUT2D eigenvalue weighted by molar-refractivity contribution is 6.30. The lowest BCUT2D eigenvalue weighted by Gasteiger charge is -2.22. The minimum atomic E-state index is -0.385. The number of aromatic nitrogens is 3. The Morgan fingerprint density at radius 3 is 2.81 bits per heavy atom. The van der Waals surface area contributed by atoms with Gasteiger partial charge >= 0.3 is 0 Å². The molecule has 0 radical (unpaired) electrons. The standard InChI is InChI=1S/C21H19ClN4O/c22-14-6-3-5-13(11-14)17-12-19-24-16-8-2-1-7-15(16)21(26(19)25-17)20(23)18-9-4-10-27-18/h3-6,9-12,20H,1-2,7-8,23H2. The van der Waals surface area contributed by atoms with E-state index in [1.165, 1.54) is 5.56 Å². The SMILES string of the molecule is NC(c1ccco1)c1c2c(nc3cc(-c4cccc(Cl)c4)nn13)CCCC2. The highest BCUT2D eigenvalue weighted by Crippen LogP contribution is 2.32. The molecule has 0 aliphatic heterocycles. The van der Waals surface area contributed by atoms with Crippen molar-refractivity contribution in [3.05, 3.63) is 76.5 Å². The van der Waals surface area contributed by atoms with Crippen LogP contribution in [0.4, 0.5) is 0 Å². The summed E-state index contributed by atoms with van der Waals surface area (Å²) in [6.07, 6.45) is 5.89. The molecule has 1 unspecified atom stereocenters. The fraction of sp³-hybridized carbons (Fsp3) is 0.238. The van der Waals surface area contributed by atoms with Crippen molar-refractivity contribution in [2.75, 3.05) is 0 Å². The lowest BCUT2D eigenvalue weighted by atomic mass is 9.92. The molecule has 3 aromatic heterocycles. The summed E-state index contributed by atoms with van der Waals surface area (Å²) >= 11 is 6.16. The van der Waals surface area contributed by atoms with Gasteiger partial charge in [0.1, 0.15) is 11.8 Å². The van der Waals surface area contributed by atoms with Gasteiger partial charge < -0.3 is 10.2 Å². The van der Waals surface area contributed by atoms with Crippen LogP contribution < -0.4 is 5.73 Å². The zero-order valence-corrected chi connectivity index (χ0v) is 15.5. The van der Waals surface area contributed by atoms with Gasteiger partial charge in [-0.05, 0) is 55.5 Å². The molecule has 0 bridgehead atoms. The number of hydrogen-bond acceptors (Lipinski definition) is 4. The van der Waals surface area contributed by atoms with Gasteiger partial charge in [0.2, 0.25) is 0 Å². The lowest BCUT2D eigenvalue weighted by Crippen LogP contribution is -2.22. The molecule has 1 atom stereocenters. The molecule has 3 heterocycles. The maximum Gasteiger partial charge on any atom is 0.156 e. The fourth-order valence-corrected chi connectivity index (χ4v) is 4.08. The minimum absolute atomic E-state index is 0.385. The van der Waals surface area contributed by atoms with Crippen LogP contribution in [0.15, 0.2) is 53.1 Å². The number of aryl methyl sites for hydroxylation is 1. The zero-order chi connectivity index (χ0) is 18.4. The molecule has 0 amide bonds. The van der Waals surface area contributed by atoms with E-state index in [2.05, 4.69) is 0 Å². The molecular formula is C21H19ClN4O. The summed E-state index contributed by atoms with van der Waals surface area (Å²) < 4.78 is 7.48. The van der Waals surface area contributed by atoms with Gasteiger partial charge in [0.15, 0.2) is 5.65 Å². The predicted molar refractivity (Wildman–Crippen MR) is 105 cm³/mol. The van der Waals surface area contributed by atoms with Crippen LogP contribution in [0.5, 0.6) is 0 Å². The number of hydrogen-bond donors (Lipinski definition) is 1. The number of furan rings is 1. The molecule has 0 spiro atoms. The number of fused-ring (bicyclic) bond motifs is 2. The zero-order valence-electron chi connectivity index (χ0n) is 14.7. The van der Waals surface area contributed by atoms with E-state index in [1.54, 1.807) is 6.26 Å². The third kappa shape index (κ3) is 2.83. The first-order valence-corrected chi connectivity index (χ1v) is 9.55. The Labute approximate surface area is 161 Å². The van der Waals surface area contributed by atoms with Gasteiger partial charge in [-0.25, -0.2) is 9.50 Å². The van der Waals surface area contributed by atoms with Gasteiger partial charge in [-0.1, -0.05) is 23.7 Å². The average molecular weight is 379 g/mol. The maximum absolute atomic E-state index is 6.62. The summed E-state index contributed by atoms with van der Waals surface area (Å²) in [6.45, 7) is 0. The molecular weight excluding hydrogens is 360 g/mol. The van der Waals surface area contributed by atoms with Crippen molar-refractivity contribution in [1.82, 2.24) is 14.6 Å². The quantitative estimate of drug-likeness (QED) is 0.567. The Bertz CT molecular complexity index is 1120. The second kappa shape index (κ2) is 6.51. The topological polar surface area (TPSA) is 69.3 Å². The first-order chi connectivity index (χ1) is 13.2. The third-order valence-electron chi connectivity index (χ3n) is 5.18. The second-order valence-corrected chi connectivity index (χ2v) is 7.37. The summed E-state index contributed by atoms with van der Waals surface area (Å²) in [4.78, 5) is 4.89. The number of nitrogens with zero attached hydrogens (tertiary/aromatic N) is 3. The van der Waals surface area contributed by atoms with Crippen LogP contribution in [0.25, 0.3) is 16.9 Å². The first-order valence-electron chi connectivity index (χ1n) is 9.17. The van der Waals surface area contributed by atoms with Crippen molar-refractivity contribution in [1.29, 1.82) is 0 Å². The van der Waals surface area contributed by atoms with E-state index in [1.807, 2.05) is 47.0 Å². The molecule has 6 heteroatoms. The Hall–Kier alpha value is -2.63. The molecule has 2 N–H and O–H groups in total. The van der Waals surface area contributed by atoms with E-state index in [9.17, 15) is 0 Å². The van der Waals surface area contributed by atoms with Crippen LogP contribution in [-0.4, -0.2) is 14.6 Å². The molecule has 4 aromatic rings. The van der Waals surface area contributed by atoms with Crippen LogP contribution in [0.3, 0.4) is 0 Å². The van der Waals surface area contributed by atoms with E-state index in [0.717, 1.165) is 59.7 Å².